The van der Waals surface area contributed by atoms with Crippen LogP contribution in [0.5, 0.6) is 0 Å². The lowest BCUT2D eigenvalue weighted by atomic mass is 9.98. The molecule has 0 amide bonds. The predicted molar refractivity (Wildman–Crippen MR) is 128 cm³/mol. The van der Waals surface area contributed by atoms with Gasteiger partial charge in [0, 0.05) is 36.3 Å². The molecule has 4 nitrogen and oxygen atoms in total. The van der Waals surface area contributed by atoms with Crippen molar-refractivity contribution in [3.63, 3.8) is 0 Å². The second-order valence-electron chi connectivity index (χ2n) is 9.14. The average Bonchev–Trinajstić information content (AvgIpc) is 3.23. The first-order chi connectivity index (χ1) is 17.2. The van der Waals surface area contributed by atoms with Gasteiger partial charge in [0.2, 0.25) is 0 Å². The van der Waals surface area contributed by atoms with E-state index in [0.29, 0.717) is 28.8 Å². The number of anilines is 1. The van der Waals surface area contributed by atoms with E-state index in [-0.39, 0.29) is 24.6 Å². The van der Waals surface area contributed by atoms with Gasteiger partial charge in [0.15, 0.2) is 11.6 Å². The third-order valence-corrected chi connectivity index (χ3v) is 6.65. The fourth-order valence-corrected chi connectivity index (χ4v) is 4.91. The summed E-state index contributed by atoms with van der Waals surface area (Å²) in [4.78, 5) is 2.16. The summed E-state index contributed by atoms with van der Waals surface area (Å²) >= 11 is 0. The van der Waals surface area contributed by atoms with Crippen LogP contribution in [0.25, 0.3) is 22.2 Å². The zero-order chi connectivity index (χ0) is 25.4. The van der Waals surface area contributed by atoms with E-state index in [0.717, 1.165) is 43.3 Å². The molecule has 36 heavy (non-hydrogen) atoms. The molecule has 0 radical (unpaired) electrons. The molecule has 188 valence electrons. The molecule has 5 rings (SSSR count). The number of hydrogen-bond donors (Lipinski definition) is 1. The van der Waals surface area contributed by atoms with Gasteiger partial charge in [0.1, 0.15) is 5.52 Å². The van der Waals surface area contributed by atoms with E-state index in [1.165, 1.54) is 16.8 Å². The summed E-state index contributed by atoms with van der Waals surface area (Å²) in [6.45, 7) is 1.56. The third kappa shape index (κ3) is 4.67. The predicted octanol–water partition coefficient (Wildman–Crippen LogP) is 6.26. The first kappa shape index (κ1) is 24.2. The normalized spacial score (nSPS) is 16.6. The maximum atomic E-state index is 13.9. The number of rotatable bonds is 5. The molecule has 0 spiro atoms. The number of aliphatic hydroxyl groups is 1. The molecule has 2 heterocycles. The van der Waals surface area contributed by atoms with Crippen LogP contribution < -0.4 is 4.90 Å². The van der Waals surface area contributed by atoms with Gasteiger partial charge < -0.3 is 10.0 Å². The molecular formula is C27H24F5N3O. The highest BCUT2D eigenvalue weighted by Crippen LogP contribution is 2.39. The van der Waals surface area contributed by atoms with Crippen LogP contribution in [-0.4, -0.2) is 34.6 Å². The van der Waals surface area contributed by atoms with E-state index in [1.54, 1.807) is 12.1 Å². The summed E-state index contributed by atoms with van der Waals surface area (Å²) in [5, 5.41) is 14.2. The second-order valence-corrected chi connectivity index (χ2v) is 9.14. The van der Waals surface area contributed by atoms with Crippen molar-refractivity contribution in [2.45, 2.75) is 25.6 Å². The Morgan fingerprint density at radius 1 is 0.972 bits per heavy atom. The monoisotopic (exact) mass is 501 g/mol. The lowest BCUT2D eigenvalue weighted by Crippen LogP contribution is -2.36. The van der Waals surface area contributed by atoms with Crippen LogP contribution in [0.2, 0.25) is 0 Å². The number of piperidine rings is 1. The first-order valence-corrected chi connectivity index (χ1v) is 11.7. The van der Waals surface area contributed by atoms with Crippen LogP contribution in [0.15, 0.2) is 60.7 Å². The standard InChI is InChI=1S/C27H24F5N3O/c28-23-10-9-17(12-24(23)29)15-35-26(21-7-2-8-22(25(21)33-35)27(30,31)32)19-5-1-6-20(13-19)34-11-3-4-18(14-34)16-36/h1-2,5-10,12-13,18,36H,3-4,11,14-16H2. The molecule has 3 aromatic carbocycles. The van der Waals surface area contributed by atoms with Crippen molar-refractivity contribution in [2.75, 3.05) is 24.6 Å². The van der Waals surface area contributed by atoms with E-state index in [9.17, 15) is 27.1 Å². The molecule has 9 heteroatoms. The molecule has 1 unspecified atom stereocenters. The maximum absolute atomic E-state index is 13.9. The van der Waals surface area contributed by atoms with E-state index < -0.39 is 23.4 Å². The quantitative estimate of drug-likeness (QED) is 0.329. The number of aromatic nitrogens is 2. The van der Waals surface area contributed by atoms with Crippen LogP contribution in [0.1, 0.15) is 24.0 Å². The van der Waals surface area contributed by atoms with E-state index in [1.807, 2.05) is 18.2 Å². The molecule has 1 fully saturated rings. The average molecular weight is 501 g/mol. The molecular weight excluding hydrogens is 477 g/mol. The topological polar surface area (TPSA) is 41.3 Å². The maximum Gasteiger partial charge on any atom is 0.418 e. The molecule has 1 N–H and O–H groups in total. The third-order valence-electron chi connectivity index (χ3n) is 6.65. The first-order valence-electron chi connectivity index (χ1n) is 11.7. The van der Waals surface area contributed by atoms with Crippen molar-refractivity contribution in [2.24, 2.45) is 5.92 Å². The van der Waals surface area contributed by atoms with Gasteiger partial charge in [-0.2, -0.15) is 18.3 Å². The van der Waals surface area contributed by atoms with E-state index in [4.69, 9.17) is 0 Å². The summed E-state index contributed by atoms with van der Waals surface area (Å²) in [6, 6.07) is 14.8. The molecule has 0 aliphatic carbocycles. The Morgan fingerprint density at radius 2 is 1.78 bits per heavy atom. The van der Waals surface area contributed by atoms with Crippen molar-refractivity contribution >= 4 is 16.6 Å². The summed E-state index contributed by atoms with van der Waals surface area (Å²) in [6.07, 6.45) is -2.73. The van der Waals surface area contributed by atoms with Crippen molar-refractivity contribution < 1.29 is 27.1 Å². The van der Waals surface area contributed by atoms with Gasteiger partial charge in [-0.15, -0.1) is 0 Å². The molecule has 1 saturated heterocycles. The van der Waals surface area contributed by atoms with Gasteiger partial charge in [0.05, 0.1) is 17.8 Å². The smallest absolute Gasteiger partial charge is 0.396 e. The minimum atomic E-state index is -4.60. The fraction of sp³-hybridized carbons (Fsp3) is 0.296. The van der Waals surface area contributed by atoms with Crippen LogP contribution >= 0.6 is 0 Å². The molecule has 0 saturated carbocycles. The Morgan fingerprint density at radius 3 is 2.53 bits per heavy atom. The molecule has 1 aliphatic heterocycles. The lowest BCUT2D eigenvalue weighted by molar-refractivity contribution is -0.136. The van der Waals surface area contributed by atoms with Gasteiger partial charge in [-0.3, -0.25) is 4.68 Å². The SMILES string of the molecule is OCC1CCCN(c2cccc(-c3c4cccc(C(F)(F)F)c4nn3Cc3ccc(F)c(F)c3)c2)C1. The van der Waals surface area contributed by atoms with Gasteiger partial charge in [-0.05, 0) is 54.7 Å². The molecule has 0 bridgehead atoms. The van der Waals surface area contributed by atoms with Gasteiger partial charge in [-0.25, -0.2) is 8.78 Å². The molecule has 1 aromatic heterocycles. The van der Waals surface area contributed by atoms with Gasteiger partial charge in [0.25, 0.3) is 0 Å². The number of alkyl halides is 3. The number of fused-ring (bicyclic) bond motifs is 1. The summed E-state index contributed by atoms with van der Waals surface area (Å²) in [5.41, 5.74) is 1.32. The molecule has 4 aromatic rings. The van der Waals surface area contributed by atoms with Crippen molar-refractivity contribution in [3.05, 3.63) is 83.4 Å². The van der Waals surface area contributed by atoms with Crippen LogP contribution in [0, 0.1) is 17.6 Å². The molecule has 1 atom stereocenters. The lowest BCUT2D eigenvalue weighted by Gasteiger charge is -2.33. The fourth-order valence-electron chi connectivity index (χ4n) is 4.91. The highest BCUT2D eigenvalue weighted by Gasteiger charge is 2.34. The van der Waals surface area contributed by atoms with E-state index >= 15 is 0 Å². The number of hydrogen-bond acceptors (Lipinski definition) is 3. The number of aliphatic hydroxyl groups excluding tert-OH is 1. The molecule has 1 aliphatic rings. The van der Waals surface area contributed by atoms with Crippen molar-refractivity contribution in [1.82, 2.24) is 9.78 Å². The zero-order valence-electron chi connectivity index (χ0n) is 19.3. The Hall–Kier alpha value is -3.46. The highest BCUT2D eigenvalue weighted by molar-refractivity contribution is 5.95. The van der Waals surface area contributed by atoms with E-state index in [2.05, 4.69) is 10.00 Å². The van der Waals surface area contributed by atoms with Gasteiger partial charge in [-0.1, -0.05) is 30.3 Å². The summed E-state index contributed by atoms with van der Waals surface area (Å²) in [7, 11) is 0. The van der Waals surface area contributed by atoms with Crippen LogP contribution in [0.3, 0.4) is 0 Å². The Kier molecular flexibility index (Phi) is 6.42. The summed E-state index contributed by atoms with van der Waals surface area (Å²) in [5.74, 6) is -1.87. The van der Waals surface area contributed by atoms with Crippen molar-refractivity contribution in [3.8, 4) is 11.3 Å². The number of halogens is 5. The second kappa shape index (κ2) is 9.54. The minimum absolute atomic E-state index is 0.0426. The van der Waals surface area contributed by atoms with Crippen LogP contribution in [-0.2, 0) is 12.7 Å². The minimum Gasteiger partial charge on any atom is -0.396 e. The van der Waals surface area contributed by atoms with Crippen LogP contribution in [0.4, 0.5) is 27.6 Å². The highest BCUT2D eigenvalue weighted by atomic mass is 19.4. The Labute approximate surface area is 204 Å². The zero-order valence-corrected chi connectivity index (χ0v) is 19.3. The Bertz CT molecular complexity index is 1400. The number of benzene rings is 3. The summed E-state index contributed by atoms with van der Waals surface area (Å²) < 4.78 is 70.1. The van der Waals surface area contributed by atoms with Gasteiger partial charge >= 0.3 is 6.18 Å². The largest absolute Gasteiger partial charge is 0.418 e. The van der Waals surface area contributed by atoms with Crippen molar-refractivity contribution in [1.29, 1.82) is 0 Å². The number of nitrogens with zero attached hydrogens (tertiary/aromatic N) is 3. The Balaban J connectivity index is 1.64.